The summed E-state index contributed by atoms with van der Waals surface area (Å²) in [4.78, 5) is 36.8. The third-order valence-corrected chi connectivity index (χ3v) is 5.02. The average Bonchev–Trinajstić information content (AvgIpc) is 3.12. The van der Waals surface area contributed by atoms with Gasteiger partial charge in [-0.2, -0.15) is 0 Å². The number of carbonyl (C=O) groups is 3. The van der Waals surface area contributed by atoms with E-state index in [0.29, 0.717) is 29.2 Å². The summed E-state index contributed by atoms with van der Waals surface area (Å²) in [6.07, 6.45) is 0. The summed E-state index contributed by atoms with van der Waals surface area (Å²) in [7, 11) is 0. The zero-order chi connectivity index (χ0) is 23.3. The van der Waals surface area contributed by atoms with Gasteiger partial charge in [0.05, 0.1) is 17.9 Å². The standard InChI is InChI=1S/C23H25N5O4/c1-5-32-23(31)17-9-11-18(12-10-17)24-20(29)13-28-16(4)21(26-27-28)22(30)25-19-8-6-7-14(2)15(19)3/h6-12H,5,13H2,1-4H3,(H,24,29)(H,25,30). The predicted molar refractivity (Wildman–Crippen MR) is 120 cm³/mol. The summed E-state index contributed by atoms with van der Waals surface area (Å²) in [5.41, 5.74) is 4.28. The van der Waals surface area contributed by atoms with Crippen molar-refractivity contribution in [1.82, 2.24) is 15.0 Å². The van der Waals surface area contributed by atoms with E-state index in [2.05, 4.69) is 20.9 Å². The van der Waals surface area contributed by atoms with Crippen LogP contribution in [0.4, 0.5) is 11.4 Å². The topological polar surface area (TPSA) is 115 Å². The Morgan fingerprint density at radius 1 is 1.00 bits per heavy atom. The van der Waals surface area contributed by atoms with Crippen LogP contribution in [-0.4, -0.2) is 39.4 Å². The highest BCUT2D eigenvalue weighted by atomic mass is 16.5. The molecule has 1 heterocycles. The number of hydrogen-bond donors (Lipinski definition) is 2. The van der Waals surface area contributed by atoms with Gasteiger partial charge in [-0.3, -0.25) is 9.59 Å². The second-order valence-corrected chi connectivity index (χ2v) is 7.23. The van der Waals surface area contributed by atoms with Gasteiger partial charge in [0.15, 0.2) is 5.69 Å². The zero-order valence-corrected chi connectivity index (χ0v) is 18.4. The minimum Gasteiger partial charge on any atom is -0.462 e. The molecule has 0 aliphatic rings. The normalized spacial score (nSPS) is 10.5. The van der Waals surface area contributed by atoms with E-state index < -0.39 is 11.9 Å². The van der Waals surface area contributed by atoms with Crippen molar-refractivity contribution >= 4 is 29.2 Å². The monoisotopic (exact) mass is 435 g/mol. The molecule has 9 nitrogen and oxygen atoms in total. The third-order valence-electron chi connectivity index (χ3n) is 5.02. The van der Waals surface area contributed by atoms with E-state index in [9.17, 15) is 14.4 Å². The molecule has 3 rings (SSSR count). The molecule has 0 aliphatic heterocycles. The quantitative estimate of drug-likeness (QED) is 0.551. The Labute approximate surface area is 185 Å². The SMILES string of the molecule is CCOC(=O)c1ccc(NC(=O)Cn2nnc(C(=O)Nc3cccc(C)c3C)c2C)cc1. The maximum atomic E-state index is 12.7. The first-order valence-electron chi connectivity index (χ1n) is 10.1. The molecule has 0 unspecified atom stereocenters. The van der Waals surface area contributed by atoms with Crippen molar-refractivity contribution in [1.29, 1.82) is 0 Å². The van der Waals surface area contributed by atoms with Gasteiger partial charge < -0.3 is 15.4 Å². The number of amides is 2. The number of esters is 1. The molecule has 0 atom stereocenters. The van der Waals surface area contributed by atoms with Gasteiger partial charge in [0.25, 0.3) is 5.91 Å². The van der Waals surface area contributed by atoms with Crippen LogP contribution in [0.5, 0.6) is 0 Å². The fourth-order valence-corrected chi connectivity index (χ4v) is 3.03. The van der Waals surface area contributed by atoms with Crippen molar-refractivity contribution in [3.8, 4) is 0 Å². The zero-order valence-electron chi connectivity index (χ0n) is 18.4. The van der Waals surface area contributed by atoms with Crippen LogP contribution in [0.1, 0.15) is 44.6 Å². The van der Waals surface area contributed by atoms with Crippen molar-refractivity contribution in [3.05, 3.63) is 70.5 Å². The molecule has 0 saturated heterocycles. The minimum absolute atomic E-state index is 0.116. The van der Waals surface area contributed by atoms with Gasteiger partial charge in [-0.25, -0.2) is 9.48 Å². The number of hydrogen-bond acceptors (Lipinski definition) is 6. The Morgan fingerprint density at radius 2 is 1.72 bits per heavy atom. The van der Waals surface area contributed by atoms with Gasteiger partial charge >= 0.3 is 5.97 Å². The number of ether oxygens (including phenoxy) is 1. The molecule has 0 radical (unpaired) electrons. The molecular weight excluding hydrogens is 410 g/mol. The van der Waals surface area contributed by atoms with Crippen LogP contribution in [0.2, 0.25) is 0 Å². The maximum absolute atomic E-state index is 12.7. The van der Waals surface area contributed by atoms with Crippen molar-refractivity contribution in [3.63, 3.8) is 0 Å². The summed E-state index contributed by atoms with van der Waals surface area (Å²) in [5, 5.41) is 13.5. The predicted octanol–water partition coefficient (Wildman–Crippen LogP) is 3.27. The Bertz CT molecular complexity index is 1150. The van der Waals surface area contributed by atoms with Gasteiger partial charge in [0.2, 0.25) is 5.91 Å². The van der Waals surface area contributed by atoms with Crippen molar-refractivity contribution in [2.45, 2.75) is 34.2 Å². The molecule has 166 valence electrons. The van der Waals surface area contributed by atoms with E-state index in [0.717, 1.165) is 11.1 Å². The molecule has 9 heteroatoms. The Morgan fingerprint density at radius 3 is 2.41 bits per heavy atom. The number of anilines is 2. The van der Waals surface area contributed by atoms with Crippen LogP contribution < -0.4 is 10.6 Å². The van der Waals surface area contributed by atoms with Crippen LogP contribution in [0, 0.1) is 20.8 Å². The second kappa shape index (κ2) is 9.86. The number of aromatic nitrogens is 3. The van der Waals surface area contributed by atoms with Gasteiger partial charge in [0.1, 0.15) is 6.54 Å². The lowest BCUT2D eigenvalue weighted by molar-refractivity contribution is -0.117. The van der Waals surface area contributed by atoms with E-state index in [1.807, 2.05) is 32.0 Å². The van der Waals surface area contributed by atoms with Crippen LogP contribution in [-0.2, 0) is 16.1 Å². The smallest absolute Gasteiger partial charge is 0.338 e. The Balaban J connectivity index is 1.63. The molecule has 1 aromatic heterocycles. The molecule has 0 bridgehead atoms. The number of rotatable bonds is 7. The molecule has 2 amide bonds. The van der Waals surface area contributed by atoms with Crippen LogP contribution >= 0.6 is 0 Å². The second-order valence-electron chi connectivity index (χ2n) is 7.23. The van der Waals surface area contributed by atoms with Gasteiger partial charge in [-0.15, -0.1) is 5.10 Å². The Kier molecular flexibility index (Phi) is 6.99. The van der Waals surface area contributed by atoms with Gasteiger partial charge in [0, 0.05) is 11.4 Å². The summed E-state index contributed by atoms with van der Waals surface area (Å²) in [5.74, 6) is -1.16. The van der Waals surface area contributed by atoms with Crippen LogP contribution in [0.3, 0.4) is 0 Å². The van der Waals surface area contributed by atoms with Crippen molar-refractivity contribution in [2.24, 2.45) is 0 Å². The third kappa shape index (κ3) is 5.18. The molecule has 2 N–H and O–H groups in total. The summed E-state index contributed by atoms with van der Waals surface area (Å²) < 4.78 is 6.30. The molecule has 0 aliphatic carbocycles. The molecule has 2 aromatic carbocycles. The molecule has 0 fully saturated rings. The highest BCUT2D eigenvalue weighted by Crippen LogP contribution is 2.19. The molecule has 3 aromatic rings. The summed E-state index contributed by atoms with van der Waals surface area (Å²) in [6, 6.07) is 12.0. The average molecular weight is 435 g/mol. The molecular formula is C23H25N5O4. The number of carbonyl (C=O) groups excluding carboxylic acids is 3. The van der Waals surface area contributed by atoms with Gasteiger partial charge in [-0.05, 0) is 69.2 Å². The Hall–Kier alpha value is -4.01. The number of nitrogens with zero attached hydrogens (tertiary/aromatic N) is 3. The minimum atomic E-state index is -0.421. The van der Waals surface area contributed by atoms with E-state index in [1.54, 1.807) is 38.1 Å². The lowest BCUT2D eigenvalue weighted by atomic mass is 10.1. The summed E-state index contributed by atoms with van der Waals surface area (Å²) in [6.45, 7) is 7.49. The van der Waals surface area contributed by atoms with E-state index in [4.69, 9.17) is 4.74 Å². The van der Waals surface area contributed by atoms with Crippen molar-refractivity contribution in [2.75, 3.05) is 17.2 Å². The van der Waals surface area contributed by atoms with Crippen molar-refractivity contribution < 1.29 is 19.1 Å². The number of nitrogens with one attached hydrogen (secondary N) is 2. The number of aryl methyl sites for hydroxylation is 1. The maximum Gasteiger partial charge on any atom is 0.338 e. The highest BCUT2D eigenvalue weighted by Gasteiger charge is 2.19. The summed E-state index contributed by atoms with van der Waals surface area (Å²) >= 11 is 0. The van der Waals surface area contributed by atoms with E-state index >= 15 is 0 Å². The first-order chi connectivity index (χ1) is 15.3. The lowest BCUT2D eigenvalue weighted by Crippen LogP contribution is -2.21. The molecule has 0 saturated carbocycles. The van der Waals surface area contributed by atoms with E-state index in [-0.39, 0.29) is 18.1 Å². The molecule has 32 heavy (non-hydrogen) atoms. The first-order valence-corrected chi connectivity index (χ1v) is 10.1. The van der Waals surface area contributed by atoms with Crippen LogP contribution in [0.15, 0.2) is 42.5 Å². The van der Waals surface area contributed by atoms with Crippen LogP contribution in [0.25, 0.3) is 0 Å². The fourth-order valence-electron chi connectivity index (χ4n) is 3.03. The van der Waals surface area contributed by atoms with E-state index in [1.165, 1.54) is 4.68 Å². The largest absolute Gasteiger partial charge is 0.462 e. The highest BCUT2D eigenvalue weighted by molar-refractivity contribution is 6.04. The number of benzene rings is 2. The van der Waals surface area contributed by atoms with Gasteiger partial charge in [-0.1, -0.05) is 17.3 Å². The first kappa shape index (κ1) is 22.7. The fraction of sp³-hybridized carbons (Fsp3) is 0.261. The lowest BCUT2D eigenvalue weighted by Gasteiger charge is -2.10. The molecule has 0 spiro atoms.